The van der Waals surface area contributed by atoms with Gasteiger partial charge in [0, 0.05) is 28.1 Å². The molecule has 0 amide bonds. The second-order valence-electron chi connectivity index (χ2n) is 5.92. The van der Waals surface area contributed by atoms with E-state index in [1.807, 2.05) is 38.1 Å². The molecule has 0 atom stereocenters. The molecule has 3 rings (SSSR count). The maximum Gasteiger partial charge on any atom is 0.201 e. The summed E-state index contributed by atoms with van der Waals surface area (Å²) in [7, 11) is 0. The van der Waals surface area contributed by atoms with Gasteiger partial charge in [0.25, 0.3) is 0 Å². The van der Waals surface area contributed by atoms with Crippen molar-refractivity contribution in [1.29, 1.82) is 0 Å². The fourth-order valence-electron chi connectivity index (χ4n) is 2.70. The predicted molar refractivity (Wildman–Crippen MR) is 96.4 cm³/mol. The smallest absolute Gasteiger partial charge is 0.201 e. The Labute approximate surface area is 146 Å². The van der Waals surface area contributed by atoms with Gasteiger partial charge < -0.3 is 9.72 Å². The third-order valence-corrected chi connectivity index (χ3v) is 3.97. The van der Waals surface area contributed by atoms with Crippen molar-refractivity contribution in [1.82, 2.24) is 4.98 Å². The maximum atomic E-state index is 12.4. The van der Waals surface area contributed by atoms with Gasteiger partial charge in [0.2, 0.25) is 5.78 Å². The van der Waals surface area contributed by atoms with Crippen LogP contribution in [0.1, 0.15) is 37.7 Å². The predicted octanol–water partition coefficient (Wildman–Crippen LogP) is 4.12. The van der Waals surface area contributed by atoms with E-state index in [0.717, 1.165) is 11.4 Å². The lowest BCUT2D eigenvalue weighted by molar-refractivity contribution is 0.0920. The minimum Gasteiger partial charge on any atom is -0.485 e. The highest BCUT2D eigenvalue weighted by molar-refractivity contribution is 6.09. The Kier molecular flexibility index (Phi) is 4.80. The number of H-pyrrole nitrogens is 1. The van der Waals surface area contributed by atoms with Crippen LogP contribution in [0.4, 0.5) is 0 Å². The molecule has 0 bridgehead atoms. The first-order chi connectivity index (χ1) is 12.0. The molecular formula is C21H19NO3. The Morgan fingerprint density at radius 2 is 1.56 bits per heavy atom. The van der Waals surface area contributed by atoms with Crippen LogP contribution in [0.15, 0.2) is 60.7 Å². The van der Waals surface area contributed by atoms with Gasteiger partial charge in [-0.25, -0.2) is 0 Å². The third-order valence-electron chi connectivity index (χ3n) is 3.97. The minimum absolute atomic E-state index is 0.0376. The summed E-state index contributed by atoms with van der Waals surface area (Å²) in [6.07, 6.45) is 0. The summed E-state index contributed by atoms with van der Waals surface area (Å²) in [5.41, 5.74) is 3.67. The number of hydrogen-bond donors (Lipinski definition) is 1. The molecule has 0 unspecified atom stereocenters. The topological polar surface area (TPSA) is 59.2 Å². The highest BCUT2D eigenvalue weighted by Crippen LogP contribution is 2.17. The highest BCUT2D eigenvalue weighted by Gasteiger charge is 2.13. The average Bonchev–Trinajstić information content (AvgIpc) is 2.98. The SMILES string of the molecule is Cc1cc(C(=O)COc2ccc(C(=O)c3ccccc3)cc2)c(C)[nH]1. The number of rotatable bonds is 6. The zero-order valence-electron chi connectivity index (χ0n) is 14.2. The van der Waals surface area contributed by atoms with Gasteiger partial charge >= 0.3 is 0 Å². The van der Waals surface area contributed by atoms with Gasteiger partial charge in [-0.15, -0.1) is 0 Å². The van der Waals surface area contributed by atoms with E-state index in [4.69, 9.17) is 4.74 Å². The van der Waals surface area contributed by atoms with Gasteiger partial charge in [-0.05, 0) is 44.2 Å². The summed E-state index contributed by atoms with van der Waals surface area (Å²) < 4.78 is 5.55. The number of carbonyl (C=O) groups excluding carboxylic acids is 2. The molecule has 1 N–H and O–H groups in total. The summed E-state index contributed by atoms with van der Waals surface area (Å²) in [5, 5.41) is 0. The molecular weight excluding hydrogens is 314 g/mol. The lowest BCUT2D eigenvalue weighted by atomic mass is 10.0. The summed E-state index contributed by atoms with van der Waals surface area (Å²) in [4.78, 5) is 27.7. The normalized spacial score (nSPS) is 10.5. The Balaban J connectivity index is 1.64. The van der Waals surface area contributed by atoms with Gasteiger partial charge in [0.1, 0.15) is 5.75 Å². The fourth-order valence-corrected chi connectivity index (χ4v) is 2.70. The van der Waals surface area contributed by atoms with E-state index in [2.05, 4.69) is 4.98 Å². The fraction of sp³-hybridized carbons (Fsp3) is 0.143. The lowest BCUT2D eigenvalue weighted by Crippen LogP contribution is -2.12. The molecule has 0 aliphatic carbocycles. The van der Waals surface area contributed by atoms with Crippen molar-refractivity contribution in [2.24, 2.45) is 0 Å². The van der Waals surface area contributed by atoms with Crippen molar-refractivity contribution in [2.45, 2.75) is 13.8 Å². The molecule has 3 aromatic rings. The summed E-state index contributed by atoms with van der Waals surface area (Å²) >= 11 is 0. The second kappa shape index (κ2) is 7.18. The Bertz CT molecular complexity index is 893. The van der Waals surface area contributed by atoms with Gasteiger partial charge in [-0.2, -0.15) is 0 Å². The van der Waals surface area contributed by atoms with Crippen LogP contribution in [-0.2, 0) is 0 Å². The Morgan fingerprint density at radius 3 is 2.16 bits per heavy atom. The molecule has 1 aromatic heterocycles. The number of aromatic nitrogens is 1. The number of Topliss-reactive ketones (excluding diaryl/α,β-unsaturated/α-hetero) is 1. The van der Waals surface area contributed by atoms with Crippen LogP contribution in [0.5, 0.6) is 5.75 Å². The monoisotopic (exact) mass is 333 g/mol. The Hall–Kier alpha value is -3.14. The quantitative estimate of drug-likeness (QED) is 0.690. The zero-order valence-corrected chi connectivity index (χ0v) is 14.2. The maximum absolute atomic E-state index is 12.4. The first-order valence-corrected chi connectivity index (χ1v) is 8.06. The number of aromatic amines is 1. The molecule has 4 nitrogen and oxygen atoms in total. The van der Waals surface area contributed by atoms with Gasteiger partial charge in [-0.1, -0.05) is 30.3 Å². The Morgan fingerprint density at radius 1 is 0.920 bits per heavy atom. The standard InChI is InChI=1S/C21H19NO3/c1-14-12-19(15(2)22-14)20(23)13-25-18-10-8-17(9-11-18)21(24)16-6-4-3-5-7-16/h3-12,22H,13H2,1-2H3. The number of ether oxygens (including phenoxy) is 1. The van der Waals surface area contributed by atoms with Crippen LogP contribution in [0, 0.1) is 13.8 Å². The van der Waals surface area contributed by atoms with Crippen LogP contribution >= 0.6 is 0 Å². The molecule has 0 aliphatic heterocycles. The number of carbonyl (C=O) groups is 2. The molecule has 0 radical (unpaired) electrons. The van der Waals surface area contributed by atoms with Crippen molar-refractivity contribution >= 4 is 11.6 Å². The molecule has 1 heterocycles. The molecule has 0 saturated carbocycles. The molecule has 25 heavy (non-hydrogen) atoms. The van der Waals surface area contributed by atoms with Crippen molar-refractivity contribution in [3.05, 3.63) is 88.7 Å². The largest absolute Gasteiger partial charge is 0.485 e. The number of nitrogens with one attached hydrogen (secondary N) is 1. The van der Waals surface area contributed by atoms with E-state index in [1.54, 1.807) is 36.4 Å². The van der Waals surface area contributed by atoms with Crippen LogP contribution in [0.2, 0.25) is 0 Å². The molecule has 0 fully saturated rings. The van der Waals surface area contributed by atoms with Crippen LogP contribution in [-0.4, -0.2) is 23.2 Å². The van der Waals surface area contributed by atoms with Crippen LogP contribution in [0.3, 0.4) is 0 Å². The molecule has 0 spiro atoms. The number of benzene rings is 2. The first kappa shape index (κ1) is 16.7. The summed E-state index contributed by atoms with van der Waals surface area (Å²) in [6.45, 7) is 3.74. The average molecular weight is 333 g/mol. The number of ketones is 2. The van der Waals surface area contributed by atoms with Crippen molar-refractivity contribution in [3.63, 3.8) is 0 Å². The van der Waals surface area contributed by atoms with Gasteiger partial charge in [-0.3, -0.25) is 9.59 Å². The number of aryl methyl sites for hydroxylation is 2. The molecule has 4 heteroatoms. The summed E-state index contributed by atoms with van der Waals surface area (Å²) in [5.74, 6) is 0.441. The van der Waals surface area contributed by atoms with E-state index in [0.29, 0.717) is 22.4 Å². The highest BCUT2D eigenvalue weighted by atomic mass is 16.5. The van der Waals surface area contributed by atoms with E-state index >= 15 is 0 Å². The zero-order chi connectivity index (χ0) is 17.8. The molecule has 0 aliphatic rings. The molecule has 126 valence electrons. The van der Waals surface area contributed by atoms with E-state index in [1.165, 1.54) is 0 Å². The molecule has 0 saturated heterocycles. The first-order valence-electron chi connectivity index (χ1n) is 8.06. The van der Waals surface area contributed by atoms with Crippen LogP contribution < -0.4 is 4.74 Å². The minimum atomic E-state index is -0.0775. The van der Waals surface area contributed by atoms with Gasteiger partial charge in [0.05, 0.1) is 0 Å². The van der Waals surface area contributed by atoms with E-state index in [-0.39, 0.29) is 18.2 Å². The van der Waals surface area contributed by atoms with Crippen molar-refractivity contribution in [3.8, 4) is 5.75 Å². The van der Waals surface area contributed by atoms with Crippen molar-refractivity contribution < 1.29 is 14.3 Å². The molecule has 2 aromatic carbocycles. The van der Waals surface area contributed by atoms with Gasteiger partial charge in [0.15, 0.2) is 12.4 Å². The lowest BCUT2D eigenvalue weighted by Gasteiger charge is -2.07. The van der Waals surface area contributed by atoms with Crippen LogP contribution in [0.25, 0.3) is 0 Å². The second-order valence-corrected chi connectivity index (χ2v) is 5.92. The number of hydrogen-bond acceptors (Lipinski definition) is 3. The van der Waals surface area contributed by atoms with E-state index < -0.39 is 0 Å². The van der Waals surface area contributed by atoms with E-state index in [9.17, 15) is 9.59 Å². The third kappa shape index (κ3) is 3.86. The summed E-state index contributed by atoms with van der Waals surface area (Å²) in [6, 6.07) is 17.8. The van der Waals surface area contributed by atoms with Crippen molar-refractivity contribution in [2.75, 3.05) is 6.61 Å².